The van der Waals surface area contributed by atoms with E-state index >= 15 is 0 Å². The molecule has 0 spiro atoms. The second-order valence-corrected chi connectivity index (χ2v) is 14.4. The maximum Gasteiger partial charge on any atom is 0.335 e. The summed E-state index contributed by atoms with van der Waals surface area (Å²) in [6.45, 7) is 0. The molecular formula is C35H24N6Na4O13S2. The second kappa shape index (κ2) is 21.6. The van der Waals surface area contributed by atoms with Gasteiger partial charge in [0.25, 0.3) is 20.2 Å². The smallest absolute Gasteiger partial charge is 0.335 e. The number of anilines is 2. The van der Waals surface area contributed by atoms with Crippen LogP contribution in [0.5, 0.6) is 11.5 Å². The molecule has 0 unspecified atom stereocenters. The Kier molecular flexibility index (Phi) is 19.1. The number of aromatic hydroxyl groups is 2. The maximum absolute atomic E-state index is 13.0. The van der Waals surface area contributed by atoms with Gasteiger partial charge in [0.05, 0.1) is 22.5 Å². The van der Waals surface area contributed by atoms with Crippen molar-refractivity contribution in [3.05, 3.63) is 108 Å². The van der Waals surface area contributed by atoms with E-state index in [-0.39, 0.29) is 174 Å². The number of fused-ring (bicyclic) bond motifs is 2. The molecule has 4 radical (unpaired) electrons. The fraction of sp³-hybridized carbons (Fsp3) is 0. The first kappa shape index (κ1) is 52.8. The molecular weight excluding hydrogens is 869 g/mol. The van der Waals surface area contributed by atoms with E-state index in [0.717, 1.165) is 12.1 Å². The first-order valence-electron chi connectivity index (χ1n) is 15.5. The fourth-order valence-corrected chi connectivity index (χ4v) is 6.61. The standard InChI is InChI=1S/C35H24N6O13S2.4Na/c42-31-25-11-9-23(13-19(25)15-27(55(49,50)51)29(31)40-38-21-5-1-17(2-6-21)33(44)45)36-35(48)37-24-10-12-26-20(14-24)16-28(56(52,53)54)30(32(26)43)41-39-22-7-3-18(4-8-22)34(46)47;;;;/h1-16,42-43H,(H,44,45)(H,46,47)(H2,36,37,48)(H,49,50,51)(H,52,53,54);;;;. The van der Waals surface area contributed by atoms with Gasteiger partial charge in [0.2, 0.25) is 0 Å². The number of carboxylic acids is 2. The van der Waals surface area contributed by atoms with Crippen LogP contribution < -0.4 is 10.6 Å². The van der Waals surface area contributed by atoms with Crippen LogP contribution in [0.4, 0.5) is 38.9 Å². The summed E-state index contributed by atoms with van der Waals surface area (Å²) >= 11 is 0. The monoisotopic (exact) mass is 892 g/mol. The van der Waals surface area contributed by atoms with E-state index in [2.05, 4.69) is 31.1 Å². The number of amides is 2. The fourth-order valence-electron chi connectivity index (χ4n) is 5.30. The summed E-state index contributed by atoms with van der Waals surface area (Å²) in [4.78, 5) is 33.5. The molecule has 0 aliphatic rings. The van der Waals surface area contributed by atoms with Gasteiger partial charge in [-0.05, 0) is 108 Å². The minimum atomic E-state index is -4.99. The summed E-state index contributed by atoms with van der Waals surface area (Å²) in [6, 6.07) is 19.1. The van der Waals surface area contributed by atoms with E-state index in [0.29, 0.717) is 0 Å². The van der Waals surface area contributed by atoms with Crippen LogP contribution in [0.25, 0.3) is 21.5 Å². The average molecular weight is 893 g/mol. The van der Waals surface area contributed by atoms with Crippen LogP contribution in [0.2, 0.25) is 0 Å². The van der Waals surface area contributed by atoms with Gasteiger partial charge in [0.1, 0.15) is 21.2 Å². The van der Waals surface area contributed by atoms with Gasteiger partial charge in [-0.3, -0.25) is 9.11 Å². The molecule has 6 aromatic rings. The van der Waals surface area contributed by atoms with Crippen LogP contribution in [0.1, 0.15) is 20.7 Å². The predicted molar refractivity (Wildman–Crippen MR) is 222 cm³/mol. The number of hydrogen-bond acceptors (Lipinski definition) is 13. The number of rotatable bonds is 10. The van der Waals surface area contributed by atoms with Crippen molar-refractivity contribution in [2.24, 2.45) is 20.5 Å². The van der Waals surface area contributed by atoms with Crippen molar-refractivity contribution < 1.29 is 60.8 Å². The zero-order valence-corrected chi connectivity index (χ0v) is 41.5. The van der Waals surface area contributed by atoms with Crippen molar-refractivity contribution in [1.82, 2.24) is 0 Å². The molecule has 0 heterocycles. The Balaban J connectivity index is 0.00000310. The van der Waals surface area contributed by atoms with E-state index in [1.54, 1.807) is 0 Å². The molecule has 288 valence electrons. The van der Waals surface area contributed by atoms with Gasteiger partial charge in [0.15, 0.2) is 11.5 Å². The molecule has 0 aliphatic heterocycles. The Morgan fingerprint density at radius 3 is 1.12 bits per heavy atom. The number of benzene rings is 6. The zero-order valence-electron chi connectivity index (χ0n) is 31.9. The summed E-state index contributed by atoms with van der Waals surface area (Å²) in [7, 11) is -9.99. The van der Waals surface area contributed by atoms with Crippen LogP contribution in [0.3, 0.4) is 0 Å². The van der Waals surface area contributed by atoms with E-state index in [4.69, 9.17) is 10.2 Å². The summed E-state index contributed by atoms with van der Waals surface area (Å²) < 4.78 is 69.0. The molecule has 25 heteroatoms. The third kappa shape index (κ3) is 12.4. The molecule has 60 heavy (non-hydrogen) atoms. The molecule has 0 fully saturated rings. The van der Waals surface area contributed by atoms with Gasteiger partial charge in [-0.25, -0.2) is 14.4 Å². The molecule has 8 N–H and O–H groups in total. The third-order valence-electron chi connectivity index (χ3n) is 7.93. The molecule has 2 amide bonds. The average Bonchev–Trinajstić information content (AvgIpc) is 3.13. The first-order chi connectivity index (χ1) is 26.4. The zero-order chi connectivity index (χ0) is 40.5. The van der Waals surface area contributed by atoms with Crippen LogP contribution in [0.15, 0.2) is 127 Å². The number of azo groups is 2. The number of nitrogens with one attached hydrogen (secondary N) is 2. The van der Waals surface area contributed by atoms with Crippen LogP contribution in [-0.4, -0.2) is 183 Å². The van der Waals surface area contributed by atoms with Crippen LogP contribution in [0, 0.1) is 0 Å². The van der Waals surface area contributed by atoms with Gasteiger partial charge in [-0.1, -0.05) is 0 Å². The maximum atomic E-state index is 13.0. The first-order valence-corrected chi connectivity index (χ1v) is 18.4. The van der Waals surface area contributed by atoms with Crippen molar-refractivity contribution >= 4 is 212 Å². The topological polar surface area (TPSA) is 314 Å². The largest absolute Gasteiger partial charge is 0.505 e. The number of carboxylic acid groups (broad SMARTS) is 2. The molecule has 0 saturated heterocycles. The Morgan fingerprint density at radius 1 is 0.483 bits per heavy atom. The van der Waals surface area contributed by atoms with Gasteiger partial charge >= 0.3 is 18.0 Å². The molecule has 0 aromatic heterocycles. The summed E-state index contributed by atoms with van der Waals surface area (Å²) in [5.74, 6) is -3.73. The third-order valence-corrected chi connectivity index (χ3v) is 9.67. The van der Waals surface area contributed by atoms with E-state index in [1.165, 1.54) is 84.9 Å². The van der Waals surface area contributed by atoms with Gasteiger partial charge in [0, 0.05) is 140 Å². The van der Waals surface area contributed by atoms with Crippen LogP contribution >= 0.6 is 0 Å². The predicted octanol–water partition coefficient (Wildman–Crippen LogP) is 6.25. The van der Waals surface area contributed by atoms with E-state index in [1.807, 2.05) is 0 Å². The van der Waals surface area contributed by atoms with Crippen molar-refractivity contribution in [2.45, 2.75) is 9.79 Å². The number of phenolic OH excluding ortho intramolecular Hbond substituents is 2. The van der Waals surface area contributed by atoms with Gasteiger partial charge in [-0.15, -0.1) is 10.2 Å². The van der Waals surface area contributed by atoms with Gasteiger partial charge in [-0.2, -0.15) is 27.1 Å². The Hall–Kier alpha value is -3.33. The minimum absolute atomic E-state index is 0. The molecule has 0 aliphatic carbocycles. The molecule has 6 rings (SSSR count). The summed E-state index contributed by atoms with van der Waals surface area (Å²) in [5.41, 5.74) is -0.905. The number of carbonyl (C=O) groups is 3. The molecule has 0 saturated carbocycles. The molecule has 0 bridgehead atoms. The van der Waals surface area contributed by atoms with Crippen molar-refractivity contribution in [3.63, 3.8) is 0 Å². The number of hydrogen-bond donors (Lipinski definition) is 8. The van der Waals surface area contributed by atoms with Crippen molar-refractivity contribution in [3.8, 4) is 11.5 Å². The Bertz CT molecular complexity index is 2720. The van der Waals surface area contributed by atoms with Crippen molar-refractivity contribution in [2.75, 3.05) is 10.6 Å². The van der Waals surface area contributed by atoms with E-state index in [9.17, 15) is 50.5 Å². The number of phenols is 2. The van der Waals surface area contributed by atoms with E-state index < -0.39 is 70.9 Å². The summed E-state index contributed by atoms with van der Waals surface area (Å²) in [6.07, 6.45) is 0. The Morgan fingerprint density at radius 2 is 0.817 bits per heavy atom. The molecule has 6 aromatic carbocycles. The number of carbonyl (C=O) groups excluding carboxylic acids is 1. The number of aromatic carboxylic acids is 2. The SMILES string of the molecule is O=C(Nc1ccc2c(O)c(N=Nc3ccc(C(=O)O)cc3)c(S(=O)(=O)O)cc2c1)Nc1ccc2c(O)c(N=Nc3ccc(C(=O)O)cc3)c(S(=O)(=O)O)cc2c1.[Na].[Na].[Na].[Na]. The second-order valence-electron chi connectivity index (χ2n) is 11.6. The Labute approximate surface area is 428 Å². The number of urea groups is 1. The van der Waals surface area contributed by atoms with Crippen LogP contribution in [-0.2, 0) is 20.2 Å². The summed E-state index contributed by atoms with van der Waals surface area (Å²) in [5, 5.41) is 60.5. The quantitative estimate of drug-likeness (QED) is 0.0429. The normalized spacial score (nSPS) is 11.2. The van der Waals surface area contributed by atoms with Crippen molar-refractivity contribution in [1.29, 1.82) is 0 Å². The van der Waals surface area contributed by atoms with Gasteiger partial charge < -0.3 is 31.1 Å². The molecule has 19 nitrogen and oxygen atoms in total. The minimum Gasteiger partial charge on any atom is -0.505 e. The number of nitrogens with zero attached hydrogens (tertiary/aromatic N) is 4. The molecule has 0 atom stereocenters.